The lowest BCUT2D eigenvalue weighted by Crippen LogP contribution is -2.26. The molecule has 3 atom stereocenters. The molecule has 4 nitrogen and oxygen atoms in total. The van der Waals surface area contributed by atoms with Gasteiger partial charge < -0.3 is 10.6 Å². The first-order chi connectivity index (χ1) is 9.65. The van der Waals surface area contributed by atoms with Crippen LogP contribution < -0.4 is 10.6 Å². The van der Waals surface area contributed by atoms with Crippen molar-refractivity contribution in [3.8, 4) is 0 Å². The minimum absolute atomic E-state index is 0.109. The SMILES string of the molecule is CCNC(=O)c1cc(NC2CCC(CC)C2C)ccn1. The summed E-state index contributed by atoms with van der Waals surface area (Å²) in [4.78, 5) is 15.9. The average molecular weight is 275 g/mol. The van der Waals surface area contributed by atoms with Crippen molar-refractivity contribution >= 4 is 11.6 Å². The Morgan fingerprint density at radius 3 is 2.85 bits per heavy atom. The molecule has 0 bridgehead atoms. The summed E-state index contributed by atoms with van der Waals surface area (Å²) in [6.45, 7) is 7.12. The topological polar surface area (TPSA) is 54.0 Å². The van der Waals surface area contributed by atoms with Gasteiger partial charge in [0.2, 0.25) is 0 Å². The van der Waals surface area contributed by atoms with Gasteiger partial charge >= 0.3 is 0 Å². The summed E-state index contributed by atoms with van der Waals surface area (Å²) < 4.78 is 0. The van der Waals surface area contributed by atoms with Crippen molar-refractivity contribution in [1.29, 1.82) is 0 Å². The molecule has 1 aromatic heterocycles. The van der Waals surface area contributed by atoms with Crippen LogP contribution in [-0.4, -0.2) is 23.5 Å². The van der Waals surface area contributed by atoms with Crippen LogP contribution in [0.5, 0.6) is 0 Å². The largest absolute Gasteiger partial charge is 0.382 e. The van der Waals surface area contributed by atoms with Gasteiger partial charge in [-0.1, -0.05) is 20.3 Å². The van der Waals surface area contributed by atoms with Gasteiger partial charge in [0.05, 0.1) is 0 Å². The Morgan fingerprint density at radius 1 is 1.40 bits per heavy atom. The van der Waals surface area contributed by atoms with Gasteiger partial charge in [0.25, 0.3) is 5.91 Å². The molecule has 0 aromatic carbocycles. The van der Waals surface area contributed by atoms with Gasteiger partial charge in [-0.15, -0.1) is 0 Å². The summed E-state index contributed by atoms with van der Waals surface area (Å²) in [5.74, 6) is 1.39. The molecular weight excluding hydrogens is 250 g/mol. The number of nitrogens with zero attached hydrogens (tertiary/aromatic N) is 1. The predicted octanol–water partition coefficient (Wildman–Crippen LogP) is 3.07. The van der Waals surface area contributed by atoms with E-state index < -0.39 is 0 Å². The third kappa shape index (κ3) is 3.30. The number of hydrogen-bond acceptors (Lipinski definition) is 3. The van der Waals surface area contributed by atoms with Crippen LogP contribution in [0.1, 0.15) is 50.5 Å². The van der Waals surface area contributed by atoms with Gasteiger partial charge in [-0.05, 0) is 43.7 Å². The molecule has 0 aliphatic heterocycles. The van der Waals surface area contributed by atoms with Crippen LogP contribution in [0.3, 0.4) is 0 Å². The highest BCUT2D eigenvalue weighted by Crippen LogP contribution is 2.35. The quantitative estimate of drug-likeness (QED) is 0.868. The van der Waals surface area contributed by atoms with Crippen molar-refractivity contribution in [2.75, 3.05) is 11.9 Å². The lowest BCUT2D eigenvalue weighted by molar-refractivity contribution is 0.0951. The fourth-order valence-corrected chi connectivity index (χ4v) is 3.14. The van der Waals surface area contributed by atoms with Crippen molar-refractivity contribution in [2.45, 2.75) is 46.1 Å². The van der Waals surface area contributed by atoms with Gasteiger partial charge in [-0.25, -0.2) is 0 Å². The molecule has 0 spiro atoms. The summed E-state index contributed by atoms with van der Waals surface area (Å²) in [5.41, 5.74) is 1.48. The fourth-order valence-electron chi connectivity index (χ4n) is 3.14. The van der Waals surface area contributed by atoms with Crippen LogP contribution in [0.25, 0.3) is 0 Å². The Balaban J connectivity index is 2.03. The van der Waals surface area contributed by atoms with Crippen molar-refractivity contribution < 1.29 is 4.79 Å². The minimum Gasteiger partial charge on any atom is -0.382 e. The summed E-state index contributed by atoms with van der Waals surface area (Å²) in [7, 11) is 0. The lowest BCUT2D eigenvalue weighted by atomic mass is 9.93. The second-order valence-corrected chi connectivity index (χ2v) is 5.64. The Morgan fingerprint density at radius 2 is 2.20 bits per heavy atom. The number of amides is 1. The molecule has 4 heteroatoms. The number of hydrogen-bond donors (Lipinski definition) is 2. The summed E-state index contributed by atoms with van der Waals surface area (Å²) in [6.07, 6.45) is 5.45. The maximum Gasteiger partial charge on any atom is 0.269 e. The molecule has 2 N–H and O–H groups in total. The van der Waals surface area contributed by atoms with Gasteiger partial charge in [0, 0.05) is 24.5 Å². The number of anilines is 1. The zero-order valence-corrected chi connectivity index (χ0v) is 12.6. The Hall–Kier alpha value is -1.58. The molecule has 0 saturated heterocycles. The van der Waals surface area contributed by atoms with Gasteiger partial charge in [0.1, 0.15) is 5.69 Å². The van der Waals surface area contributed by atoms with E-state index in [0.717, 1.165) is 11.6 Å². The Bertz CT molecular complexity index is 461. The number of rotatable bonds is 5. The zero-order chi connectivity index (χ0) is 14.5. The monoisotopic (exact) mass is 275 g/mol. The van der Waals surface area contributed by atoms with E-state index in [-0.39, 0.29) is 5.91 Å². The van der Waals surface area contributed by atoms with E-state index in [9.17, 15) is 4.79 Å². The lowest BCUT2D eigenvalue weighted by Gasteiger charge is -2.22. The molecule has 1 aromatic rings. The second-order valence-electron chi connectivity index (χ2n) is 5.64. The van der Waals surface area contributed by atoms with E-state index in [1.165, 1.54) is 19.3 Å². The number of aromatic nitrogens is 1. The van der Waals surface area contributed by atoms with Crippen LogP contribution in [0.2, 0.25) is 0 Å². The molecule has 110 valence electrons. The fraction of sp³-hybridized carbons (Fsp3) is 0.625. The van der Waals surface area contributed by atoms with Crippen LogP contribution in [0.4, 0.5) is 5.69 Å². The molecule has 1 heterocycles. The van der Waals surface area contributed by atoms with Gasteiger partial charge in [0.15, 0.2) is 0 Å². The highest BCUT2D eigenvalue weighted by molar-refractivity contribution is 5.93. The number of carbonyl (C=O) groups is 1. The van der Waals surface area contributed by atoms with Crippen LogP contribution >= 0.6 is 0 Å². The molecule has 20 heavy (non-hydrogen) atoms. The summed E-state index contributed by atoms with van der Waals surface area (Å²) in [5, 5.41) is 6.35. The smallest absolute Gasteiger partial charge is 0.269 e. The van der Waals surface area contributed by atoms with E-state index in [4.69, 9.17) is 0 Å². The first-order valence-electron chi connectivity index (χ1n) is 7.66. The Kier molecular flexibility index (Phi) is 4.99. The van der Waals surface area contributed by atoms with E-state index in [0.29, 0.717) is 24.2 Å². The third-order valence-corrected chi connectivity index (χ3v) is 4.43. The first-order valence-corrected chi connectivity index (χ1v) is 7.66. The van der Waals surface area contributed by atoms with E-state index in [1.54, 1.807) is 6.20 Å². The molecule has 3 unspecified atom stereocenters. The van der Waals surface area contributed by atoms with E-state index in [2.05, 4.69) is 29.5 Å². The Labute approximate surface area is 121 Å². The van der Waals surface area contributed by atoms with Crippen LogP contribution in [0.15, 0.2) is 18.3 Å². The molecular formula is C16H25N3O. The van der Waals surface area contributed by atoms with E-state index >= 15 is 0 Å². The van der Waals surface area contributed by atoms with Crippen LogP contribution in [0, 0.1) is 11.8 Å². The highest BCUT2D eigenvalue weighted by atomic mass is 16.1. The average Bonchev–Trinajstić information content (AvgIpc) is 2.80. The van der Waals surface area contributed by atoms with Crippen molar-refractivity contribution in [3.05, 3.63) is 24.0 Å². The molecule has 0 radical (unpaired) electrons. The van der Waals surface area contributed by atoms with Gasteiger partial charge in [-0.3, -0.25) is 9.78 Å². The minimum atomic E-state index is -0.109. The second kappa shape index (κ2) is 6.73. The number of carbonyl (C=O) groups excluding carboxylic acids is 1. The summed E-state index contributed by atoms with van der Waals surface area (Å²) in [6, 6.07) is 4.29. The normalized spacial score (nSPS) is 25.4. The molecule has 1 amide bonds. The molecule has 1 aliphatic carbocycles. The summed E-state index contributed by atoms with van der Waals surface area (Å²) >= 11 is 0. The highest BCUT2D eigenvalue weighted by Gasteiger charge is 2.31. The number of pyridine rings is 1. The maximum atomic E-state index is 11.8. The van der Waals surface area contributed by atoms with E-state index in [1.807, 2.05) is 19.1 Å². The van der Waals surface area contributed by atoms with Crippen molar-refractivity contribution in [2.24, 2.45) is 11.8 Å². The van der Waals surface area contributed by atoms with Crippen LogP contribution in [-0.2, 0) is 0 Å². The molecule has 1 saturated carbocycles. The standard InChI is InChI=1S/C16H25N3O/c1-4-12-6-7-14(11(12)3)19-13-8-9-18-15(10-13)16(20)17-5-2/h8-12,14H,4-7H2,1-3H3,(H,17,20)(H,18,19). The van der Waals surface area contributed by atoms with Crippen molar-refractivity contribution in [1.82, 2.24) is 10.3 Å². The zero-order valence-electron chi connectivity index (χ0n) is 12.6. The third-order valence-electron chi connectivity index (χ3n) is 4.43. The maximum absolute atomic E-state index is 11.8. The van der Waals surface area contributed by atoms with Crippen molar-refractivity contribution in [3.63, 3.8) is 0 Å². The molecule has 1 aliphatic rings. The molecule has 2 rings (SSSR count). The van der Waals surface area contributed by atoms with Gasteiger partial charge in [-0.2, -0.15) is 0 Å². The molecule has 1 fully saturated rings. The number of nitrogens with one attached hydrogen (secondary N) is 2. The predicted molar refractivity (Wildman–Crippen MR) is 81.8 cm³/mol. The first kappa shape index (κ1) is 14.8.